The van der Waals surface area contributed by atoms with Gasteiger partial charge in [-0.2, -0.15) is 0 Å². The number of fused-ring (bicyclic) bond motifs is 1. The number of nitrogens with zero attached hydrogens (tertiary/aromatic N) is 1. The van der Waals surface area contributed by atoms with Gasteiger partial charge in [-0.3, -0.25) is 4.79 Å². The molecule has 1 amide bonds. The summed E-state index contributed by atoms with van der Waals surface area (Å²) >= 11 is 1.65. The fourth-order valence-corrected chi connectivity index (χ4v) is 4.15. The number of amides is 1. The van der Waals surface area contributed by atoms with Gasteiger partial charge in [-0.05, 0) is 69.0 Å². The van der Waals surface area contributed by atoms with Gasteiger partial charge < -0.3 is 4.90 Å². The van der Waals surface area contributed by atoms with Gasteiger partial charge >= 0.3 is 0 Å². The van der Waals surface area contributed by atoms with E-state index in [0.29, 0.717) is 0 Å². The van der Waals surface area contributed by atoms with Gasteiger partial charge in [0.1, 0.15) is 0 Å². The van der Waals surface area contributed by atoms with Crippen LogP contribution in [0.5, 0.6) is 0 Å². The van der Waals surface area contributed by atoms with Crippen molar-refractivity contribution in [2.24, 2.45) is 0 Å². The number of rotatable bonds is 3. The monoisotopic (exact) mass is 325 g/mol. The number of hydrogen-bond acceptors (Lipinski definition) is 2. The van der Waals surface area contributed by atoms with Gasteiger partial charge in [0.2, 0.25) is 5.91 Å². The van der Waals surface area contributed by atoms with Crippen molar-refractivity contribution in [3.05, 3.63) is 59.2 Å². The Kier molecular flexibility index (Phi) is 4.49. The highest BCUT2D eigenvalue weighted by Crippen LogP contribution is 2.35. The largest absolute Gasteiger partial charge is 0.308 e. The zero-order valence-electron chi connectivity index (χ0n) is 14.2. The Bertz CT molecular complexity index is 740. The first-order valence-electron chi connectivity index (χ1n) is 8.12. The second-order valence-corrected chi connectivity index (χ2v) is 7.81. The minimum atomic E-state index is -0.0919. The SMILES string of the molecule is Cc1ccc(SC(C)C(=O)N2c3ccccc3CC2C)cc1C. The van der Waals surface area contributed by atoms with Crippen molar-refractivity contribution >= 4 is 23.4 Å². The summed E-state index contributed by atoms with van der Waals surface area (Å²) in [4.78, 5) is 16.1. The van der Waals surface area contributed by atoms with Crippen LogP contribution in [0.3, 0.4) is 0 Å². The maximum Gasteiger partial charge on any atom is 0.240 e. The van der Waals surface area contributed by atoms with E-state index in [9.17, 15) is 4.79 Å². The van der Waals surface area contributed by atoms with Crippen molar-refractivity contribution in [3.8, 4) is 0 Å². The highest BCUT2D eigenvalue weighted by atomic mass is 32.2. The van der Waals surface area contributed by atoms with Gasteiger partial charge in [-0.25, -0.2) is 0 Å². The molecule has 23 heavy (non-hydrogen) atoms. The molecule has 1 aliphatic heterocycles. The molecule has 0 fully saturated rings. The standard InChI is InChI=1S/C20H23NOS/c1-13-9-10-18(11-14(13)2)23-16(4)20(22)21-15(3)12-17-7-5-6-8-19(17)21/h5-11,15-16H,12H2,1-4H3. The van der Waals surface area contributed by atoms with Crippen molar-refractivity contribution in [3.63, 3.8) is 0 Å². The Morgan fingerprint density at radius 3 is 2.65 bits per heavy atom. The maximum atomic E-state index is 13.0. The van der Waals surface area contributed by atoms with E-state index in [4.69, 9.17) is 0 Å². The van der Waals surface area contributed by atoms with Crippen LogP contribution in [0.25, 0.3) is 0 Å². The zero-order valence-corrected chi connectivity index (χ0v) is 15.0. The highest BCUT2D eigenvalue weighted by Gasteiger charge is 2.33. The Balaban J connectivity index is 1.78. The highest BCUT2D eigenvalue weighted by molar-refractivity contribution is 8.00. The number of benzene rings is 2. The smallest absolute Gasteiger partial charge is 0.240 e. The van der Waals surface area contributed by atoms with Crippen LogP contribution in [-0.4, -0.2) is 17.2 Å². The molecule has 0 saturated carbocycles. The van der Waals surface area contributed by atoms with E-state index >= 15 is 0 Å². The van der Waals surface area contributed by atoms with E-state index in [1.165, 1.54) is 16.7 Å². The molecule has 0 aliphatic carbocycles. The van der Waals surface area contributed by atoms with Crippen LogP contribution in [0.4, 0.5) is 5.69 Å². The van der Waals surface area contributed by atoms with Gasteiger partial charge in [0.15, 0.2) is 0 Å². The van der Waals surface area contributed by atoms with Gasteiger partial charge in [0, 0.05) is 16.6 Å². The lowest BCUT2D eigenvalue weighted by Gasteiger charge is -2.26. The van der Waals surface area contributed by atoms with E-state index in [-0.39, 0.29) is 17.2 Å². The molecule has 1 aliphatic rings. The fourth-order valence-electron chi connectivity index (χ4n) is 3.14. The second-order valence-electron chi connectivity index (χ2n) is 6.40. The van der Waals surface area contributed by atoms with Crippen LogP contribution in [0, 0.1) is 13.8 Å². The Morgan fingerprint density at radius 1 is 1.17 bits per heavy atom. The summed E-state index contributed by atoms with van der Waals surface area (Å²) in [6, 6.07) is 14.9. The molecular weight excluding hydrogens is 302 g/mol. The van der Waals surface area contributed by atoms with Crippen LogP contribution in [0.15, 0.2) is 47.4 Å². The molecule has 2 nitrogen and oxygen atoms in total. The first kappa shape index (κ1) is 16.1. The molecule has 1 heterocycles. The van der Waals surface area contributed by atoms with Crippen molar-refractivity contribution in [1.29, 1.82) is 0 Å². The minimum Gasteiger partial charge on any atom is -0.308 e. The average molecular weight is 325 g/mol. The summed E-state index contributed by atoms with van der Waals surface area (Å²) in [7, 11) is 0. The number of carbonyl (C=O) groups is 1. The maximum absolute atomic E-state index is 13.0. The molecule has 0 saturated heterocycles. The quantitative estimate of drug-likeness (QED) is 0.758. The van der Waals surface area contributed by atoms with Gasteiger partial charge in [0.25, 0.3) is 0 Å². The summed E-state index contributed by atoms with van der Waals surface area (Å²) in [5.74, 6) is 0.200. The summed E-state index contributed by atoms with van der Waals surface area (Å²) < 4.78 is 0. The van der Waals surface area contributed by atoms with Gasteiger partial charge in [0.05, 0.1) is 5.25 Å². The number of thioether (sulfide) groups is 1. The van der Waals surface area contributed by atoms with Crippen LogP contribution >= 0.6 is 11.8 Å². The lowest BCUT2D eigenvalue weighted by molar-refractivity contribution is -0.118. The first-order valence-corrected chi connectivity index (χ1v) is 9.00. The summed E-state index contributed by atoms with van der Waals surface area (Å²) in [5.41, 5.74) is 4.92. The number of anilines is 1. The molecule has 0 bridgehead atoms. The molecule has 2 atom stereocenters. The molecular formula is C20H23NOS. The van der Waals surface area contributed by atoms with E-state index in [1.807, 2.05) is 24.0 Å². The van der Waals surface area contributed by atoms with E-state index in [1.54, 1.807) is 11.8 Å². The molecule has 2 aromatic rings. The van der Waals surface area contributed by atoms with Crippen molar-refractivity contribution in [2.45, 2.75) is 50.3 Å². The number of carbonyl (C=O) groups excluding carboxylic acids is 1. The zero-order chi connectivity index (χ0) is 16.6. The van der Waals surface area contributed by atoms with Crippen LogP contribution in [0.1, 0.15) is 30.5 Å². The topological polar surface area (TPSA) is 20.3 Å². The molecule has 0 spiro atoms. The van der Waals surface area contributed by atoms with Crippen molar-refractivity contribution in [2.75, 3.05) is 4.90 Å². The third kappa shape index (κ3) is 3.16. The molecule has 2 aromatic carbocycles. The molecule has 0 N–H and O–H groups in total. The van der Waals surface area contributed by atoms with Crippen molar-refractivity contribution in [1.82, 2.24) is 0 Å². The first-order chi connectivity index (χ1) is 11.0. The fraction of sp³-hybridized carbons (Fsp3) is 0.350. The van der Waals surface area contributed by atoms with Gasteiger partial charge in [-0.15, -0.1) is 11.8 Å². The van der Waals surface area contributed by atoms with E-state index in [2.05, 4.69) is 51.1 Å². The van der Waals surface area contributed by atoms with Crippen molar-refractivity contribution < 1.29 is 4.79 Å². The number of hydrogen-bond donors (Lipinski definition) is 0. The Labute approximate surface area is 142 Å². The molecule has 0 aromatic heterocycles. The Morgan fingerprint density at radius 2 is 1.91 bits per heavy atom. The third-order valence-corrected chi connectivity index (χ3v) is 5.66. The van der Waals surface area contributed by atoms with E-state index < -0.39 is 0 Å². The summed E-state index contributed by atoms with van der Waals surface area (Å²) in [5, 5.41) is -0.0919. The lowest BCUT2D eigenvalue weighted by atomic mass is 10.1. The molecule has 2 unspecified atom stereocenters. The predicted molar refractivity (Wildman–Crippen MR) is 98.3 cm³/mol. The van der Waals surface area contributed by atoms with E-state index in [0.717, 1.165) is 17.0 Å². The lowest BCUT2D eigenvalue weighted by Crippen LogP contribution is -2.40. The average Bonchev–Trinajstić information content (AvgIpc) is 2.86. The van der Waals surface area contributed by atoms with Crippen LogP contribution < -0.4 is 4.90 Å². The van der Waals surface area contributed by atoms with Crippen LogP contribution in [-0.2, 0) is 11.2 Å². The summed E-state index contributed by atoms with van der Waals surface area (Å²) in [6.45, 7) is 8.37. The third-order valence-electron chi connectivity index (χ3n) is 4.58. The molecule has 0 radical (unpaired) electrons. The predicted octanol–water partition coefficient (Wildman–Crippen LogP) is 4.76. The normalized spacial score (nSPS) is 17.9. The van der Waals surface area contributed by atoms with Crippen LogP contribution in [0.2, 0.25) is 0 Å². The molecule has 3 heteroatoms. The molecule has 120 valence electrons. The van der Waals surface area contributed by atoms with Gasteiger partial charge in [-0.1, -0.05) is 24.3 Å². The summed E-state index contributed by atoms with van der Waals surface area (Å²) in [6.07, 6.45) is 0.947. The minimum absolute atomic E-state index is 0.0919. The second kappa shape index (κ2) is 6.40. The molecule has 3 rings (SSSR count). The number of aryl methyl sites for hydroxylation is 2. The Hall–Kier alpha value is -1.74. The number of para-hydroxylation sites is 1.